The first kappa shape index (κ1) is 20.2. The van der Waals surface area contributed by atoms with Crippen molar-refractivity contribution < 1.29 is 9.15 Å². The number of ether oxygens (including phenoxy) is 1. The van der Waals surface area contributed by atoms with Crippen LogP contribution in [0.25, 0.3) is 11.0 Å². The van der Waals surface area contributed by atoms with Crippen LogP contribution in [0.15, 0.2) is 46.9 Å². The second-order valence-corrected chi connectivity index (χ2v) is 9.25. The van der Waals surface area contributed by atoms with Gasteiger partial charge in [0.15, 0.2) is 0 Å². The number of hydrogen-bond donors (Lipinski definition) is 2. The molecule has 29 heavy (non-hydrogen) atoms. The molecule has 0 aliphatic carbocycles. The Morgan fingerprint density at radius 3 is 2.52 bits per heavy atom. The lowest BCUT2D eigenvalue weighted by Crippen LogP contribution is -2.30. The lowest BCUT2D eigenvalue weighted by molar-refractivity contribution is 0.192. The molecule has 4 rings (SSSR count). The molecule has 3 aromatic rings. The molecule has 0 saturated carbocycles. The zero-order chi connectivity index (χ0) is 20.4. The van der Waals surface area contributed by atoms with E-state index < -0.39 is 0 Å². The van der Waals surface area contributed by atoms with Gasteiger partial charge in [0.1, 0.15) is 23.2 Å². The third-order valence-corrected chi connectivity index (χ3v) is 6.65. The van der Waals surface area contributed by atoms with Crippen LogP contribution in [0.1, 0.15) is 42.7 Å². The monoisotopic (exact) mass is 410 g/mol. The highest BCUT2D eigenvalue weighted by Gasteiger charge is 2.24. The summed E-state index contributed by atoms with van der Waals surface area (Å²) in [5.74, 6) is 4.18. The first-order valence-electron chi connectivity index (χ1n) is 10.4. The Bertz CT molecular complexity index is 959. The molecule has 1 aliphatic rings. The molecule has 1 saturated heterocycles. The zero-order valence-electron chi connectivity index (χ0n) is 17.4. The molecule has 4 nitrogen and oxygen atoms in total. The van der Waals surface area contributed by atoms with E-state index >= 15 is 0 Å². The fourth-order valence-electron chi connectivity index (χ4n) is 3.84. The summed E-state index contributed by atoms with van der Waals surface area (Å²) in [7, 11) is 0. The molecule has 2 unspecified atom stereocenters. The maximum absolute atomic E-state index is 6.34. The van der Waals surface area contributed by atoms with E-state index in [1.165, 1.54) is 17.1 Å². The number of nitrogens with one attached hydrogen (secondary N) is 1. The van der Waals surface area contributed by atoms with Gasteiger partial charge in [-0.05, 0) is 75.5 Å². The second-order valence-electron chi connectivity index (χ2n) is 8.03. The number of anilines is 1. The largest absolute Gasteiger partial charge is 0.490 e. The summed E-state index contributed by atoms with van der Waals surface area (Å²) in [6.07, 6.45) is 2.55. The minimum atomic E-state index is -0.107. The summed E-state index contributed by atoms with van der Waals surface area (Å²) < 4.78 is 12.5. The molecule has 1 aromatic heterocycles. The molecule has 0 amide bonds. The van der Waals surface area contributed by atoms with Crippen LogP contribution in [0.2, 0.25) is 0 Å². The lowest BCUT2D eigenvalue weighted by atomic mass is 10.0. The van der Waals surface area contributed by atoms with Gasteiger partial charge in [-0.25, -0.2) is 0 Å². The van der Waals surface area contributed by atoms with Crippen molar-refractivity contribution in [3.63, 3.8) is 0 Å². The van der Waals surface area contributed by atoms with Crippen LogP contribution >= 0.6 is 11.8 Å². The van der Waals surface area contributed by atoms with Crippen LogP contribution in [0.5, 0.6) is 5.75 Å². The van der Waals surface area contributed by atoms with Gasteiger partial charge < -0.3 is 20.2 Å². The summed E-state index contributed by atoms with van der Waals surface area (Å²) in [5.41, 5.74) is 10.6. The van der Waals surface area contributed by atoms with E-state index in [1.54, 1.807) is 0 Å². The zero-order valence-corrected chi connectivity index (χ0v) is 18.2. The van der Waals surface area contributed by atoms with Gasteiger partial charge in [0, 0.05) is 22.7 Å². The van der Waals surface area contributed by atoms with E-state index in [0.717, 1.165) is 46.6 Å². The average Bonchev–Trinajstić information content (AvgIpc) is 3.04. The molecule has 154 valence electrons. The minimum Gasteiger partial charge on any atom is -0.490 e. The van der Waals surface area contributed by atoms with Crippen LogP contribution in [-0.4, -0.2) is 23.7 Å². The molecule has 0 spiro atoms. The van der Waals surface area contributed by atoms with Gasteiger partial charge in [0.05, 0.1) is 6.04 Å². The highest BCUT2D eigenvalue weighted by atomic mass is 32.2. The van der Waals surface area contributed by atoms with Crippen molar-refractivity contribution in [3.8, 4) is 5.75 Å². The van der Waals surface area contributed by atoms with Crippen LogP contribution in [-0.2, 0) is 0 Å². The number of furan rings is 1. The Hall–Kier alpha value is -2.11. The minimum absolute atomic E-state index is 0.106. The van der Waals surface area contributed by atoms with E-state index in [0.29, 0.717) is 6.10 Å². The van der Waals surface area contributed by atoms with Crippen molar-refractivity contribution in [2.45, 2.75) is 51.8 Å². The Kier molecular flexibility index (Phi) is 6.07. The Balaban J connectivity index is 1.61. The molecule has 2 heterocycles. The van der Waals surface area contributed by atoms with Crippen molar-refractivity contribution in [1.29, 1.82) is 0 Å². The van der Waals surface area contributed by atoms with Crippen molar-refractivity contribution >= 4 is 28.4 Å². The number of rotatable bonds is 6. The average molecular weight is 411 g/mol. The highest BCUT2D eigenvalue weighted by molar-refractivity contribution is 7.99. The maximum atomic E-state index is 6.34. The maximum Gasteiger partial charge on any atom is 0.134 e. The summed E-state index contributed by atoms with van der Waals surface area (Å²) in [6, 6.07) is 14.3. The van der Waals surface area contributed by atoms with E-state index in [-0.39, 0.29) is 12.1 Å². The Morgan fingerprint density at radius 1 is 1.10 bits per heavy atom. The molecule has 5 heteroatoms. The summed E-state index contributed by atoms with van der Waals surface area (Å²) >= 11 is 2.01. The van der Waals surface area contributed by atoms with E-state index in [9.17, 15) is 0 Å². The van der Waals surface area contributed by atoms with Crippen LogP contribution in [0, 0.1) is 13.8 Å². The quantitative estimate of drug-likeness (QED) is 0.536. The van der Waals surface area contributed by atoms with Gasteiger partial charge in [-0.2, -0.15) is 11.8 Å². The molecule has 2 aromatic carbocycles. The summed E-state index contributed by atoms with van der Waals surface area (Å²) in [6.45, 7) is 6.20. The number of fused-ring (bicyclic) bond motifs is 1. The molecule has 1 aliphatic heterocycles. The molecule has 0 radical (unpaired) electrons. The van der Waals surface area contributed by atoms with Crippen LogP contribution in [0.3, 0.4) is 0 Å². The van der Waals surface area contributed by atoms with Gasteiger partial charge >= 0.3 is 0 Å². The molecular weight excluding hydrogens is 380 g/mol. The van der Waals surface area contributed by atoms with Gasteiger partial charge in [0.2, 0.25) is 0 Å². The first-order chi connectivity index (χ1) is 14.0. The highest BCUT2D eigenvalue weighted by Crippen LogP contribution is 2.35. The Morgan fingerprint density at radius 2 is 1.83 bits per heavy atom. The van der Waals surface area contributed by atoms with Gasteiger partial charge in [0.25, 0.3) is 0 Å². The predicted molar refractivity (Wildman–Crippen MR) is 123 cm³/mol. The van der Waals surface area contributed by atoms with Gasteiger partial charge in [-0.15, -0.1) is 0 Å². The molecule has 3 N–H and O–H groups in total. The smallest absolute Gasteiger partial charge is 0.134 e. The van der Waals surface area contributed by atoms with Crippen molar-refractivity contribution in [2.75, 3.05) is 16.8 Å². The number of aryl methyl sites for hydroxylation is 2. The van der Waals surface area contributed by atoms with E-state index in [1.807, 2.05) is 30.8 Å². The van der Waals surface area contributed by atoms with Gasteiger partial charge in [-0.3, -0.25) is 0 Å². The normalized spacial score (nSPS) is 17.2. The third-order valence-electron chi connectivity index (χ3n) is 5.60. The summed E-state index contributed by atoms with van der Waals surface area (Å²) in [5, 5.41) is 4.65. The molecule has 1 fully saturated rings. The lowest BCUT2D eigenvalue weighted by Gasteiger charge is -2.22. The van der Waals surface area contributed by atoms with Crippen LogP contribution in [0.4, 0.5) is 5.69 Å². The van der Waals surface area contributed by atoms with Gasteiger partial charge in [-0.1, -0.05) is 17.7 Å². The number of nitrogens with two attached hydrogens (primary N) is 1. The fraction of sp³-hybridized carbons (Fsp3) is 0.417. The van der Waals surface area contributed by atoms with E-state index in [4.69, 9.17) is 14.9 Å². The van der Waals surface area contributed by atoms with Crippen molar-refractivity contribution in [1.82, 2.24) is 0 Å². The van der Waals surface area contributed by atoms with Crippen molar-refractivity contribution in [3.05, 3.63) is 59.4 Å². The standard InChI is InChI=1S/C24H30N2O2S/c1-15-4-6-18(7-5-15)26-23(17(3)25)24-16(2)21-14-20(8-9-22(21)28-24)27-19-10-12-29-13-11-19/h4-9,14,17,19,23,26H,10-13,25H2,1-3H3. The molecule has 0 bridgehead atoms. The topological polar surface area (TPSA) is 60.4 Å². The fourth-order valence-corrected chi connectivity index (χ4v) is 4.90. The molecule has 2 atom stereocenters. The first-order valence-corrected chi connectivity index (χ1v) is 11.5. The Labute approximate surface area is 177 Å². The number of thioether (sulfide) groups is 1. The SMILES string of the molecule is Cc1ccc(NC(c2oc3ccc(OC4CCSCC4)cc3c2C)C(C)N)cc1. The molecular formula is C24H30N2O2S. The summed E-state index contributed by atoms with van der Waals surface area (Å²) in [4.78, 5) is 0. The second kappa shape index (κ2) is 8.72. The predicted octanol–water partition coefficient (Wildman–Crippen LogP) is 5.82. The number of hydrogen-bond acceptors (Lipinski definition) is 5. The van der Waals surface area contributed by atoms with E-state index in [2.05, 4.69) is 49.5 Å². The van der Waals surface area contributed by atoms with Crippen molar-refractivity contribution in [2.24, 2.45) is 5.73 Å². The van der Waals surface area contributed by atoms with Crippen LogP contribution < -0.4 is 15.8 Å². The third kappa shape index (κ3) is 4.57. The number of benzene rings is 2.